The highest BCUT2D eigenvalue weighted by atomic mass is 35.5. The maximum Gasteiger partial charge on any atom is 0.171 e. The van der Waals surface area contributed by atoms with Crippen LogP contribution in [0, 0.1) is 0 Å². The van der Waals surface area contributed by atoms with E-state index >= 15 is 0 Å². The number of alkyl halides is 1. The average molecular weight is 335 g/mol. The van der Waals surface area contributed by atoms with Crippen LogP contribution in [-0.4, -0.2) is 43.6 Å². The molecule has 2 rings (SSSR count). The summed E-state index contributed by atoms with van der Waals surface area (Å²) in [5.74, 6) is 0.736. The van der Waals surface area contributed by atoms with Crippen molar-refractivity contribution in [2.24, 2.45) is 0 Å². The molecule has 1 aliphatic rings. The van der Waals surface area contributed by atoms with Gasteiger partial charge in [0.15, 0.2) is 14.9 Å². The Hall–Kier alpha value is -1.05. The molecule has 2 atom stereocenters. The number of rotatable bonds is 3. The van der Waals surface area contributed by atoms with E-state index in [0.717, 1.165) is 11.4 Å². The van der Waals surface area contributed by atoms with E-state index < -0.39 is 15.2 Å². The van der Waals surface area contributed by atoms with Gasteiger partial charge < -0.3 is 15.4 Å². The van der Waals surface area contributed by atoms with Gasteiger partial charge in [0.25, 0.3) is 0 Å². The molecule has 1 aromatic carbocycles. The minimum atomic E-state index is -3.07. The fourth-order valence-corrected chi connectivity index (χ4v) is 4.77. The Balaban J connectivity index is 1.92. The van der Waals surface area contributed by atoms with Crippen molar-refractivity contribution in [2.75, 3.05) is 23.9 Å². The zero-order valence-electron chi connectivity index (χ0n) is 10.8. The third kappa shape index (κ3) is 3.97. The lowest BCUT2D eigenvalue weighted by Gasteiger charge is -2.17. The molecule has 1 fully saturated rings. The van der Waals surface area contributed by atoms with Crippen LogP contribution in [0.15, 0.2) is 24.3 Å². The monoisotopic (exact) mass is 334 g/mol. The molecule has 2 N–H and O–H groups in total. The molecule has 1 aromatic rings. The van der Waals surface area contributed by atoms with Gasteiger partial charge in [0, 0.05) is 5.69 Å². The van der Waals surface area contributed by atoms with Gasteiger partial charge in [0.2, 0.25) is 0 Å². The third-order valence-corrected chi connectivity index (χ3v) is 5.54. The summed E-state index contributed by atoms with van der Waals surface area (Å²) in [6.07, 6.45) is 0. The van der Waals surface area contributed by atoms with Crippen LogP contribution in [0.25, 0.3) is 0 Å². The molecule has 0 aromatic heterocycles. The number of benzene rings is 1. The summed E-state index contributed by atoms with van der Waals surface area (Å²) in [5, 5.41) is 5.81. The Labute approximate surface area is 128 Å². The fraction of sp³-hybridized carbons (Fsp3) is 0.417. The van der Waals surface area contributed by atoms with E-state index in [4.69, 9.17) is 28.6 Å². The Kier molecular flexibility index (Phi) is 4.72. The molecule has 8 heteroatoms. The quantitative estimate of drug-likeness (QED) is 0.643. The molecule has 0 spiro atoms. The second kappa shape index (κ2) is 6.15. The number of halogens is 1. The van der Waals surface area contributed by atoms with E-state index in [9.17, 15) is 8.42 Å². The number of sulfone groups is 1. The summed E-state index contributed by atoms with van der Waals surface area (Å²) in [6.45, 7) is 0. The van der Waals surface area contributed by atoms with Crippen molar-refractivity contribution >= 4 is 44.5 Å². The van der Waals surface area contributed by atoms with Crippen LogP contribution in [0.3, 0.4) is 0 Å². The normalized spacial score (nSPS) is 24.1. The van der Waals surface area contributed by atoms with Crippen LogP contribution < -0.4 is 15.4 Å². The van der Waals surface area contributed by atoms with Crippen LogP contribution in [0.5, 0.6) is 5.75 Å². The van der Waals surface area contributed by atoms with Crippen LogP contribution in [0.4, 0.5) is 5.69 Å². The molecule has 1 saturated heterocycles. The molecule has 0 unspecified atom stereocenters. The van der Waals surface area contributed by atoms with E-state index in [1.54, 1.807) is 19.2 Å². The van der Waals surface area contributed by atoms with E-state index in [1.807, 2.05) is 12.1 Å². The molecule has 1 heterocycles. The SMILES string of the molecule is COc1ccc(NC(=S)N[C@@H]2CS(=O)(=O)C[C@@H]2Cl)cc1. The minimum Gasteiger partial charge on any atom is -0.497 e. The van der Waals surface area contributed by atoms with Gasteiger partial charge in [-0.25, -0.2) is 8.42 Å². The van der Waals surface area contributed by atoms with Crippen molar-refractivity contribution in [2.45, 2.75) is 11.4 Å². The molecular weight excluding hydrogens is 320 g/mol. The summed E-state index contributed by atoms with van der Waals surface area (Å²) >= 11 is 11.2. The summed E-state index contributed by atoms with van der Waals surface area (Å²) in [7, 11) is -1.48. The summed E-state index contributed by atoms with van der Waals surface area (Å²) < 4.78 is 28.0. The van der Waals surface area contributed by atoms with Crippen LogP contribution in [0.1, 0.15) is 0 Å². The predicted molar refractivity (Wildman–Crippen MR) is 84.4 cm³/mol. The smallest absolute Gasteiger partial charge is 0.171 e. The first-order valence-electron chi connectivity index (χ1n) is 5.96. The van der Waals surface area contributed by atoms with Gasteiger partial charge in [-0.05, 0) is 36.5 Å². The van der Waals surface area contributed by atoms with E-state index in [-0.39, 0.29) is 17.5 Å². The first-order valence-corrected chi connectivity index (χ1v) is 8.62. The molecule has 0 saturated carbocycles. The lowest BCUT2D eigenvalue weighted by atomic mass is 10.2. The Morgan fingerprint density at radius 2 is 2.00 bits per heavy atom. The van der Waals surface area contributed by atoms with Gasteiger partial charge in [-0.15, -0.1) is 11.6 Å². The second-order valence-corrected chi connectivity index (χ2v) is 7.65. The van der Waals surface area contributed by atoms with E-state index in [0.29, 0.717) is 5.11 Å². The highest BCUT2D eigenvalue weighted by Gasteiger charge is 2.36. The van der Waals surface area contributed by atoms with Crippen molar-refractivity contribution in [1.82, 2.24) is 5.32 Å². The molecular formula is C12H15ClN2O3S2. The van der Waals surface area contributed by atoms with Crippen molar-refractivity contribution in [3.8, 4) is 5.75 Å². The highest BCUT2D eigenvalue weighted by Crippen LogP contribution is 2.19. The van der Waals surface area contributed by atoms with Crippen molar-refractivity contribution < 1.29 is 13.2 Å². The third-order valence-electron chi connectivity index (χ3n) is 2.95. The number of anilines is 1. The van der Waals surface area contributed by atoms with E-state index in [2.05, 4.69) is 10.6 Å². The van der Waals surface area contributed by atoms with Crippen LogP contribution >= 0.6 is 23.8 Å². The summed E-state index contributed by atoms with van der Waals surface area (Å²) in [4.78, 5) is 0. The maximum atomic E-state index is 11.5. The number of methoxy groups -OCH3 is 1. The van der Waals surface area contributed by atoms with Crippen molar-refractivity contribution in [1.29, 1.82) is 0 Å². The van der Waals surface area contributed by atoms with Gasteiger partial charge in [0.05, 0.1) is 30.0 Å². The maximum absolute atomic E-state index is 11.5. The minimum absolute atomic E-state index is 0.00555. The van der Waals surface area contributed by atoms with Gasteiger partial charge in [-0.3, -0.25) is 0 Å². The topological polar surface area (TPSA) is 67.4 Å². The Morgan fingerprint density at radius 1 is 1.35 bits per heavy atom. The summed E-state index contributed by atoms with van der Waals surface area (Å²) in [6, 6.07) is 6.87. The van der Waals surface area contributed by atoms with E-state index in [1.165, 1.54) is 0 Å². The van der Waals surface area contributed by atoms with Gasteiger partial charge in [-0.2, -0.15) is 0 Å². The average Bonchev–Trinajstić information content (AvgIpc) is 2.63. The van der Waals surface area contributed by atoms with Gasteiger partial charge in [0.1, 0.15) is 5.75 Å². The lowest BCUT2D eigenvalue weighted by molar-refractivity contribution is 0.415. The van der Waals surface area contributed by atoms with Crippen LogP contribution in [-0.2, 0) is 9.84 Å². The predicted octanol–water partition coefficient (Wildman–Crippen LogP) is 1.39. The zero-order chi connectivity index (χ0) is 14.8. The van der Waals surface area contributed by atoms with Crippen molar-refractivity contribution in [3.63, 3.8) is 0 Å². The van der Waals surface area contributed by atoms with Crippen molar-refractivity contribution in [3.05, 3.63) is 24.3 Å². The lowest BCUT2D eigenvalue weighted by Crippen LogP contribution is -2.42. The first kappa shape index (κ1) is 15.3. The number of hydrogen-bond donors (Lipinski definition) is 2. The molecule has 5 nitrogen and oxygen atoms in total. The Bertz CT molecular complexity index is 589. The molecule has 0 bridgehead atoms. The molecule has 20 heavy (non-hydrogen) atoms. The largest absolute Gasteiger partial charge is 0.497 e. The standard InChI is InChI=1S/C12H15ClN2O3S2/c1-18-9-4-2-8(3-5-9)14-12(19)15-11-7-20(16,17)6-10(11)13/h2-5,10-11H,6-7H2,1H3,(H2,14,15,19)/t10-,11+/m0/s1. The van der Waals surface area contributed by atoms with Gasteiger partial charge >= 0.3 is 0 Å². The number of thiocarbonyl (C=S) groups is 1. The number of nitrogens with one attached hydrogen (secondary N) is 2. The first-order chi connectivity index (χ1) is 9.39. The second-order valence-electron chi connectivity index (χ2n) is 4.53. The molecule has 110 valence electrons. The molecule has 0 amide bonds. The molecule has 0 radical (unpaired) electrons. The fourth-order valence-electron chi connectivity index (χ4n) is 1.95. The number of hydrogen-bond acceptors (Lipinski definition) is 4. The number of ether oxygens (including phenoxy) is 1. The Morgan fingerprint density at radius 3 is 2.50 bits per heavy atom. The molecule has 1 aliphatic heterocycles. The molecule has 0 aliphatic carbocycles. The highest BCUT2D eigenvalue weighted by molar-refractivity contribution is 7.91. The zero-order valence-corrected chi connectivity index (χ0v) is 13.2. The van der Waals surface area contributed by atoms with Crippen LogP contribution in [0.2, 0.25) is 0 Å². The summed E-state index contributed by atoms with van der Waals surface area (Å²) in [5.41, 5.74) is 0.787. The van der Waals surface area contributed by atoms with Gasteiger partial charge in [-0.1, -0.05) is 0 Å².